The molecule has 0 aromatic heterocycles. The van der Waals surface area contributed by atoms with Crippen LogP contribution in [0.5, 0.6) is 0 Å². The third-order valence-corrected chi connectivity index (χ3v) is 1.63. The first kappa shape index (κ1) is 7.32. The van der Waals surface area contributed by atoms with E-state index in [1.54, 1.807) is 0 Å². The molecule has 0 aromatic rings. The van der Waals surface area contributed by atoms with Gasteiger partial charge in [0.1, 0.15) is 0 Å². The second-order valence-corrected chi connectivity index (χ2v) is 3.59. The van der Waals surface area contributed by atoms with Crippen molar-refractivity contribution >= 4 is 5.78 Å². The fraction of sp³-hybridized carbons (Fsp3) is 0.625. The van der Waals surface area contributed by atoms with Gasteiger partial charge < -0.3 is 5.11 Å². The fourth-order valence-corrected chi connectivity index (χ4v) is 1.29. The molecular formula is C8H11O2-. The number of hydrogen-bond donors (Lipinski definition) is 0. The van der Waals surface area contributed by atoms with Crippen molar-refractivity contribution in [2.24, 2.45) is 5.41 Å². The maximum absolute atomic E-state index is 10.8. The van der Waals surface area contributed by atoms with E-state index >= 15 is 0 Å². The van der Waals surface area contributed by atoms with Gasteiger partial charge in [-0.25, -0.2) is 0 Å². The third-order valence-electron chi connectivity index (χ3n) is 1.63. The topological polar surface area (TPSA) is 40.1 Å². The zero-order valence-electron chi connectivity index (χ0n) is 6.31. The molecule has 0 fully saturated rings. The van der Waals surface area contributed by atoms with Crippen molar-refractivity contribution in [3.05, 3.63) is 11.8 Å². The Labute approximate surface area is 60.6 Å². The van der Waals surface area contributed by atoms with Crippen LogP contribution in [0.3, 0.4) is 0 Å². The summed E-state index contributed by atoms with van der Waals surface area (Å²) in [6.45, 7) is 3.88. The van der Waals surface area contributed by atoms with Crippen LogP contribution < -0.4 is 5.11 Å². The smallest absolute Gasteiger partial charge is 0.155 e. The number of hydrogen-bond acceptors (Lipinski definition) is 2. The van der Waals surface area contributed by atoms with Gasteiger partial charge >= 0.3 is 0 Å². The summed E-state index contributed by atoms with van der Waals surface area (Å²) in [4.78, 5) is 10.8. The average molecular weight is 139 g/mol. The summed E-state index contributed by atoms with van der Waals surface area (Å²) in [5, 5.41) is 10.8. The lowest BCUT2D eigenvalue weighted by molar-refractivity contribution is -0.310. The van der Waals surface area contributed by atoms with Crippen molar-refractivity contribution in [3.63, 3.8) is 0 Å². The minimum absolute atomic E-state index is 0.0266. The third kappa shape index (κ3) is 1.59. The Hall–Kier alpha value is -0.790. The van der Waals surface area contributed by atoms with Crippen LogP contribution in [0.25, 0.3) is 0 Å². The van der Waals surface area contributed by atoms with Crippen molar-refractivity contribution in [2.75, 3.05) is 0 Å². The summed E-state index contributed by atoms with van der Waals surface area (Å²) in [7, 11) is 0. The van der Waals surface area contributed by atoms with Crippen LogP contribution in [0.15, 0.2) is 11.8 Å². The molecular weight excluding hydrogens is 128 g/mol. The first-order valence-corrected chi connectivity index (χ1v) is 3.40. The summed E-state index contributed by atoms with van der Waals surface area (Å²) >= 11 is 0. The minimum Gasteiger partial charge on any atom is -0.875 e. The molecule has 1 aliphatic rings. The largest absolute Gasteiger partial charge is 0.875 e. The molecule has 2 heteroatoms. The van der Waals surface area contributed by atoms with Gasteiger partial charge in [-0.15, -0.1) is 5.76 Å². The van der Waals surface area contributed by atoms with E-state index in [9.17, 15) is 9.90 Å². The summed E-state index contributed by atoms with van der Waals surface area (Å²) in [5.74, 6) is -0.0532. The van der Waals surface area contributed by atoms with E-state index < -0.39 is 0 Å². The van der Waals surface area contributed by atoms with Crippen LogP contribution in [-0.2, 0) is 4.79 Å². The molecule has 0 heterocycles. The van der Waals surface area contributed by atoms with Crippen molar-refractivity contribution in [3.8, 4) is 0 Å². The van der Waals surface area contributed by atoms with Crippen LogP contribution in [0.2, 0.25) is 0 Å². The molecule has 0 aliphatic heterocycles. The predicted octanol–water partition coefficient (Wildman–Crippen LogP) is 0.620. The lowest BCUT2D eigenvalue weighted by Crippen LogP contribution is -2.26. The summed E-state index contributed by atoms with van der Waals surface area (Å²) in [6.07, 6.45) is 2.24. The Kier molecular flexibility index (Phi) is 1.55. The van der Waals surface area contributed by atoms with Gasteiger partial charge in [-0.3, -0.25) is 4.79 Å². The number of allylic oxidation sites excluding steroid dienone is 2. The van der Waals surface area contributed by atoms with Crippen molar-refractivity contribution in [1.82, 2.24) is 0 Å². The van der Waals surface area contributed by atoms with Gasteiger partial charge in [0.05, 0.1) is 0 Å². The van der Waals surface area contributed by atoms with E-state index in [4.69, 9.17) is 0 Å². The lowest BCUT2D eigenvalue weighted by atomic mass is 9.80. The average Bonchev–Trinajstić information content (AvgIpc) is 1.54. The normalized spacial score (nSPS) is 24.2. The van der Waals surface area contributed by atoms with Gasteiger partial charge in [0.25, 0.3) is 0 Å². The standard InChI is InChI=1S/C8H12O2/c1-8(2)4-6(9)3-7(10)5-8/h3,9H,4-5H2,1-2H3/p-1. The number of carbonyl (C=O) groups excluding carboxylic acids is 1. The lowest BCUT2D eigenvalue weighted by Gasteiger charge is -2.31. The Morgan fingerprint density at radius 3 is 2.50 bits per heavy atom. The second-order valence-electron chi connectivity index (χ2n) is 3.59. The number of rotatable bonds is 0. The maximum atomic E-state index is 10.8. The van der Waals surface area contributed by atoms with Gasteiger partial charge in [0.15, 0.2) is 5.78 Å². The molecule has 10 heavy (non-hydrogen) atoms. The highest BCUT2D eigenvalue weighted by molar-refractivity contribution is 5.91. The number of carbonyl (C=O) groups is 1. The Balaban J connectivity index is 2.80. The minimum atomic E-state index is -0.108. The van der Waals surface area contributed by atoms with Crippen molar-refractivity contribution in [1.29, 1.82) is 0 Å². The van der Waals surface area contributed by atoms with E-state index in [1.165, 1.54) is 6.08 Å². The molecule has 0 saturated carbocycles. The summed E-state index contributed by atoms with van der Waals surface area (Å²) in [5.41, 5.74) is -0.108. The van der Waals surface area contributed by atoms with Crippen LogP contribution in [0, 0.1) is 5.41 Å². The molecule has 56 valence electrons. The summed E-state index contributed by atoms with van der Waals surface area (Å²) in [6, 6.07) is 0. The molecule has 0 bridgehead atoms. The first-order chi connectivity index (χ1) is 4.49. The van der Waals surface area contributed by atoms with E-state index in [1.807, 2.05) is 13.8 Å². The molecule has 1 aliphatic carbocycles. The van der Waals surface area contributed by atoms with Gasteiger partial charge in [0, 0.05) is 6.42 Å². The second kappa shape index (κ2) is 2.11. The van der Waals surface area contributed by atoms with Crippen molar-refractivity contribution < 1.29 is 9.90 Å². The van der Waals surface area contributed by atoms with Crippen LogP contribution in [0.1, 0.15) is 26.7 Å². The Morgan fingerprint density at radius 1 is 1.50 bits per heavy atom. The van der Waals surface area contributed by atoms with Crippen molar-refractivity contribution in [2.45, 2.75) is 26.7 Å². The van der Waals surface area contributed by atoms with E-state index in [0.29, 0.717) is 12.8 Å². The molecule has 0 amide bonds. The zero-order chi connectivity index (χ0) is 7.78. The van der Waals surface area contributed by atoms with Gasteiger partial charge in [-0.1, -0.05) is 13.8 Å². The van der Waals surface area contributed by atoms with Gasteiger partial charge in [-0.05, 0) is 17.9 Å². The van der Waals surface area contributed by atoms with Gasteiger partial charge in [-0.2, -0.15) is 0 Å². The fourth-order valence-electron chi connectivity index (χ4n) is 1.29. The SMILES string of the molecule is CC1(C)CC(=O)C=C([O-])C1. The highest BCUT2D eigenvalue weighted by Gasteiger charge is 2.23. The monoisotopic (exact) mass is 139 g/mol. The zero-order valence-corrected chi connectivity index (χ0v) is 6.31. The molecule has 2 nitrogen and oxygen atoms in total. The molecule has 0 N–H and O–H groups in total. The summed E-state index contributed by atoms with van der Waals surface area (Å²) < 4.78 is 0. The van der Waals surface area contributed by atoms with Crippen LogP contribution in [0.4, 0.5) is 0 Å². The Morgan fingerprint density at radius 2 is 2.10 bits per heavy atom. The van der Waals surface area contributed by atoms with E-state index in [-0.39, 0.29) is 17.0 Å². The van der Waals surface area contributed by atoms with E-state index in [2.05, 4.69) is 0 Å². The molecule has 0 atom stereocenters. The molecule has 0 aromatic carbocycles. The first-order valence-electron chi connectivity index (χ1n) is 3.40. The van der Waals surface area contributed by atoms with Crippen LogP contribution in [-0.4, -0.2) is 5.78 Å². The van der Waals surface area contributed by atoms with E-state index in [0.717, 1.165) is 0 Å². The molecule has 1 rings (SSSR count). The van der Waals surface area contributed by atoms with Gasteiger partial charge in [0.2, 0.25) is 0 Å². The highest BCUT2D eigenvalue weighted by atomic mass is 16.3. The molecule has 0 spiro atoms. The molecule has 0 unspecified atom stereocenters. The molecule has 0 saturated heterocycles. The number of ketones is 1. The quantitative estimate of drug-likeness (QED) is 0.493. The predicted molar refractivity (Wildman–Crippen MR) is 36.1 cm³/mol. The van der Waals surface area contributed by atoms with Crippen LogP contribution >= 0.6 is 0 Å². The maximum Gasteiger partial charge on any atom is 0.155 e. The molecule has 0 radical (unpaired) electrons. The highest BCUT2D eigenvalue weighted by Crippen LogP contribution is 2.31. The Bertz CT molecular complexity index is 189.